The number of aromatic nitrogens is 4. The number of piperidine rings is 1. The minimum absolute atomic E-state index is 0.222. The van der Waals surface area contributed by atoms with Crippen molar-refractivity contribution in [3.8, 4) is 6.07 Å². The van der Waals surface area contributed by atoms with Crippen molar-refractivity contribution in [1.29, 1.82) is 5.26 Å². The minimum atomic E-state index is 0.222. The molecule has 8 heteroatoms. The van der Waals surface area contributed by atoms with E-state index in [9.17, 15) is 5.26 Å². The molecule has 2 aliphatic heterocycles. The van der Waals surface area contributed by atoms with E-state index in [1.54, 1.807) is 0 Å². The van der Waals surface area contributed by atoms with Crippen LogP contribution in [0.4, 0.5) is 17.3 Å². The largest absolute Gasteiger partial charge is 0.355 e. The summed E-state index contributed by atoms with van der Waals surface area (Å²) in [7, 11) is 0. The van der Waals surface area contributed by atoms with Crippen LogP contribution in [0.5, 0.6) is 0 Å². The molecule has 31 heavy (non-hydrogen) atoms. The average molecular weight is 417 g/mol. The summed E-state index contributed by atoms with van der Waals surface area (Å²) >= 11 is 0. The van der Waals surface area contributed by atoms with E-state index >= 15 is 0 Å². The number of hydrogen-bond donors (Lipinski definition) is 2. The Morgan fingerprint density at radius 3 is 2.84 bits per heavy atom. The van der Waals surface area contributed by atoms with E-state index in [1.165, 1.54) is 5.56 Å². The fourth-order valence-electron chi connectivity index (χ4n) is 4.68. The molecule has 0 spiro atoms. The van der Waals surface area contributed by atoms with Crippen LogP contribution in [0.15, 0.2) is 24.4 Å². The molecular formula is C23H28N8. The standard InChI is InChI=1S/C23H28N8/c1-15-5-8-31(18-4-3-16(12-24)11-17(15)18)22-20-21(28-29-22)27-19(13-26-20)30-9-6-23(2,14-25)7-10-30/h3-4,11,13,15H,5-10,14,25H2,1-2H3,(H,27,28,29). The lowest BCUT2D eigenvalue weighted by Gasteiger charge is -2.39. The van der Waals surface area contributed by atoms with Crippen LogP contribution in [-0.2, 0) is 0 Å². The molecule has 1 unspecified atom stereocenters. The second kappa shape index (κ2) is 7.50. The summed E-state index contributed by atoms with van der Waals surface area (Å²) in [4.78, 5) is 14.1. The number of nitrogens with zero attached hydrogens (tertiary/aromatic N) is 6. The molecule has 3 N–H and O–H groups in total. The van der Waals surface area contributed by atoms with Crippen molar-refractivity contribution in [2.24, 2.45) is 11.1 Å². The SMILES string of the molecule is CC1CCN(c2n[nH]c3nc(N4CCC(C)(CN)CC4)cnc23)c2ccc(C#N)cc21. The lowest BCUT2D eigenvalue weighted by atomic mass is 9.80. The Hall–Kier alpha value is -3.18. The second-order valence-corrected chi connectivity index (χ2v) is 9.20. The van der Waals surface area contributed by atoms with Gasteiger partial charge >= 0.3 is 0 Å². The quantitative estimate of drug-likeness (QED) is 0.673. The molecular weight excluding hydrogens is 388 g/mol. The number of anilines is 3. The van der Waals surface area contributed by atoms with E-state index in [0.29, 0.717) is 17.1 Å². The van der Waals surface area contributed by atoms with E-state index < -0.39 is 0 Å². The first kappa shape index (κ1) is 19.8. The second-order valence-electron chi connectivity index (χ2n) is 9.20. The van der Waals surface area contributed by atoms with Gasteiger partial charge in [-0.05, 0) is 60.9 Å². The van der Waals surface area contributed by atoms with Crippen molar-refractivity contribution in [3.63, 3.8) is 0 Å². The lowest BCUT2D eigenvalue weighted by Crippen LogP contribution is -2.42. The topological polar surface area (TPSA) is 111 Å². The Balaban J connectivity index is 1.45. The number of nitrogens with one attached hydrogen (secondary N) is 1. The van der Waals surface area contributed by atoms with Crippen LogP contribution in [0, 0.1) is 16.7 Å². The monoisotopic (exact) mass is 416 g/mol. The fraction of sp³-hybridized carbons (Fsp3) is 0.478. The molecule has 0 aliphatic carbocycles. The summed E-state index contributed by atoms with van der Waals surface area (Å²) in [5.74, 6) is 2.08. The van der Waals surface area contributed by atoms with Crippen LogP contribution < -0.4 is 15.5 Å². The number of rotatable bonds is 3. The smallest absolute Gasteiger partial charge is 0.183 e. The molecule has 8 nitrogen and oxygen atoms in total. The number of benzene rings is 1. The number of H-pyrrole nitrogens is 1. The molecule has 1 atom stereocenters. The third-order valence-corrected chi connectivity index (χ3v) is 7.05. The van der Waals surface area contributed by atoms with Gasteiger partial charge in [0.05, 0.1) is 17.8 Å². The van der Waals surface area contributed by atoms with Crippen molar-refractivity contribution in [2.45, 2.75) is 39.0 Å². The molecule has 0 saturated carbocycles. The molecule has 1 saturated heterocycles. The van der Waals surface area contributed by atoms with Crippen LogP contribution in [0.3, 0.4) is 0 Å². The molecule has 0 amide bonds. The van der Waals surface area contributed by atoms with Gasteiger partial charge in [0.2, 0.25) is 0 Å². The Morgan fingerprint density at radius 1 is 1.29 bits per heavy atom. The van der Waals surface area contributed by atoms with Gasteiger partial charge in [-0.3, -0.25) is 5.10 Å². The van der Waals surface area contributed by atoms with E-state index in [4.69, 9.17) is 15.7 Å². The molecule has 1 fully saturated rings. The van der Waals surface area contributed by atoms with Crippen LogP contribution in [0.2, 0.25) is 0 Å². The van der Waals surface area contributed by atoms with Crippen LogP contribution in [0.25, 0.3) is 11.2 Å². The minimum Gasteiger partial charge on any atom is -0.355 e. The summed E-state index contributed by atoms with van der Waals surface area (Å²) in [6, 6.07) is 8.14. The zero-order chi connectivity index (χ0) is 21.6. The Kier molecular flexibility index (Phi) is 4.78. The van der Waals surface area contributed by atoms with Gasteiger partial charge in [0.25, 0.3) is 0 Å². The van der Waals surface area contributed by atoms with Crippen molar-refractivity contribution in [1.82, 2.24) is 20.2 Å². The van der Waals surface area contributed by atoms with Gasteiger partial charge in [0.15, 0.2) is 17.0 Å². The maximum absolute atomic E-state index is 9.28. The van der Waals surface area contributed by atoms with E-state index in [1.807, 2.05) is 24.4 Å². The van der Waals surface area contributed by atoms with Gasteiger partial charge in [-0.15, -0.1) is 0 Å². The summed E-state index contributed by atoms with van der Waals surface area (Å²) < 4.78 is 0. The van der Waals surface area contributed by atoms with Crippen molar-refractivity contribution < 1.29 is 0 Å². The average Bonchev–Trinajstić information content (AvgIpc) is 3.23. The van der Waals surface area contributed by atoms with Gasteiger partial charge in [0, 0.05) is 25.3 Å². The first-order valence-corrected chi connectivity index (χ1v) is 11.0. The summed E-state index contributed by atoms with van der Waals surface area (Å²) in [6.45, 7) is 7.92. The van der Waals surface area contributed by atoms with Crippen molar-refractivity contribution in [2.75, 3.05) is 36.0 Å². The maximum Gasteiger partial charge on any atom is 0.183 e. The highest BCUT2D eigenvalue weighted by atomic mass is 15.3. The zero-order valence-corrected chi connectivity index (χ0v) is 18.1. The number of hydrogen-bond acceptors (Lipinski definition) is 7. The van der Waals surface area contributed by atoms with Crippen LogP contribution in [-0.4, -0.2) is 46.3 Å². The summed E-state index contributed by atoms with van der Waals surface area (Å²) in [5, 5.41) is 17.0. The number of aromatic amines is 1. The Labute approximate surface area is 182 Å². The predicted molar refractivity (Wildman–Crippen MR) is 121 cm³/mol. The predicted octanol–water partition coefficient (Wildman–Crippen LogP) is 3.44. The van der Waals surface area contributed by atoms with Crippen molar-refractivity contribution in [3.05, 3.63) is 35.5 Å². The molecule has 160 valence electrons. The zero-order valence-electron chi connectivity index (χ0n) is 18.1. The molecule has 0 bridgehead atoms. The van der Waals surface area contributed by atoms with E-state index in [2.05, 4.69) is 39.9 Å². The maximum atomic E-state index is 9.28. The highest BCUT2D eigenvalue weighted by Crippen LogP contribution is 2.40. The molecule has 3 aromatic rings. The molecule has 5 rings (SSSR count). The van der Waals surface area contributed by atoms with Gasteiger partial charge in [-0.2, -0.15) is 10.4 Å². The molecule has 2 aliphatic rings. The van der Waals surface area contributed by atoms with Crippen LogP contribution in [0.1, 0.15) is 50.2 Å². The summed E-state index contributed by atoms with van der Waals surface area (Å²) in [6.07, 6.45) is 4.98. The molecule has 1 aromatic carbocycles. The fourth-order valence-corrected chi connectivity index (χ4v) is 4.68. The van der Waals surface area contributed by atoms with E-state index in [-0.39, 0.29) is 5.41 Å². The third kappa shape index (κ3) is 3.39. The highest BCUT2D eigenvalue weighted by Gasteiger charge is 2.30. The number of nitriles is 1. The first-order valence-electron chi connectivity index (χ1n) is 11.0. The van der Waals surface area contributed by atoms with Gasteiger partial charge in [-0.1, -0.05) is 13.8 Å². The first-order chi connectivity index (χ1) is 15.0. The normalized spacial score (nSPS) is 20.5. The van der Waals surface area contributed by atoms with Gasteiger partial charge < -0.3 is 15.5 Å². The van der Waals surface area contributed by atoms with Gasteiger partial charge in [0.1, 0.15) is 5.82 Å². The summed E-state index contributed by atoms with van der Waals surface area (Å²) in [5.41, 5.74) is 10.6. The Bertz CT molecular complexity index is 1150. The molecule has 2 aromatic heterocycles. The third-order valence-electron chi connectivity index (χ3n) is 7.05. The van der Waals surface area contributed by atoms with E-state index in [0.717, 1.165) is 68.3 Å². The molecule has 4 heterocycles. The Morgan fingerprint density at radius 2 is 2.10 bits per heavy atom. The van der Waals surface area contributed by atoms with Crippen molar-refractivity contribution >= 4 is 28.5 Å². The lowest BCUT2D eigenvalue weighted by molar-refractivity contribution is 0.258. The van der Waals surface area contributed by atoms with Gasteiger partial charge in [-0.25, -0.2) is 9.97 Å². The number of nitrogens with two attached hydrogens (primary N) is 1. The van der Waals surface area contributed by atoms with Crippen LogP contribution >= 0.6 is 0 Å². The molecule has 0 radical (unpaired) electrons. The number of fused-ring (bicyclic) bond motifs is 2. The highest BCUT2D eigenvalue weighted by molar-refractivity contribution is 5.88.